The molecule has 0 aliphatic carbocycles. The fraction of sp³-hybridized carbons (Fsp3) is 0.722. The van der Waals surface area contributed by atoms with Crippen LogP contribution in [0.3, 0.4) is 0 Å². The highest BCUT2D eigenvalue weighted by Gasteiger charge is 2.44. The van der Waals surface area contributed by atoms with Gasteiger partial charge >= 0.3 is 12.1 Å². The summed E-state index contributed by atoms with van der Waals surface area (Å²) in [5.74, 6) is -6.16. The number of ether oxygens (including phenoxy) is 10. The number of methoxy groups -OCH3 is 2. The predicted octanol–water partition coefficient (Wildman–Crippen LogP) is 3.66. The van der Waals surface area contributed by atoms with Crippen molar-refractivity contribution < 1.29 is 100 Å². The summed E-state index contributed by atoms with van der Waals surface area (Å²) in [6, 6.07) is 7.33. The lowest BCUT2D eigenvalue weighted by atomic mass is 9.89. The smallest absolute Gasteiger partial charge is 0.410 e. The van der Waals surface area contributed by atoms with Gasteiger partial charge in [0.05, 0.1) is 147 Å². The van der Waals surface area contributed by atoms with E-state index in [4.69, 9.17) is 58.8 Å². The third-order valence-corrected chi connectivity index (χ3v) is 20.1. The lowest BCUT2D eigenvalue weighted by molar-refractivity contribution is -0.148. The summed E-state index contributed by atoms with van der Waals surface area (Å²) in [5, 5.41) is 27.7. The molecular weight excluding hydrogens is 1450 g/mol. The van der Waals surface area contributed by atoms with Crippen LogP contribution in [0.1, 0.15) is 138 Å². The lowest BCUT2D eigenvalue weighted by Crippen LogP contribution is -2.60. The molecule has 2 aliphatic rings. The van der Waals surface area contributed by atoms with Crippen molar-refractivity contribution in [2.45, 2.75) is 194 Å². The van der Waals surface area contributed by atoms with Crippen LogP contribution in [-0.2, 0) is 92.3 Å². The number of hydrogen-bond donors (Lipinski definition) is 9. The molecule has 0 saturated carbocycles. The highest BCUT2D eigenvalue weighted by molar-refractivity contribution is 5.98. The molecule has 0 unspecified atom stereocenters. The van der Waals surface area contributed by atoms with Crippen molar-refractivity contribution in [2.75, 3.05) is 152 Å². The molecule has 11 amide bonds. The van der Waals surface area contributed by atoms with Crippen LogP contribution in [0, 0.1) is 29.6 Å². The molecular formula is C79H132N12O21. The lowest BCUT2D eigenvalue weighted by Gasteiger charge is -2.41. The molecule has 2 aromatic rings. The molecule has 2 aromatic carbocycles. The van der Waals surface area contributed by atoms with E-state index in [-0.39, 0.29) is 103 Å². The number of rotatable bonds is 36. The van der Waals surface area contributed by atoms with Crippen LogP contribution in [0.25, 0.3) is 0 Å². The maximum absolute atomic E-state index is 14.9. The zero-order valence-corrected chi connectivity index (χ0v) is 68.6. The fourth-order valence-electron chi connectivity index (χ4n) is 13.4. The Morgan fingerprint density at radius 2 is 1.16 bits per heavy atom. The number of carbonyl (C=O) groups is 10. The number of nitrogens with zero attached hydrogens (tertiary/aromatic N) is 4. The molecule has 33 nitrogen and oxygen atoms in total. The molecule has 11 N–H and O–H groups in total. The first kappa shape index (κ1) is 96.7. The van der Waals surface area contributed by atoms with Gasteiger partial charge in [-0.2, -0.15) is 0 Å². The molecule has 0 aromatic heterocycles. The molecule has 2 heterocycles. The van der Waals surface area contributed by atoms with Gasteiger partial charge < -0.3 is 111 Å². The van der Waals surface area contributed by atoms with Crippen LogP contribution < -0.4 is 43.4 Å². The summed E-state index contributed by atoms with van der Waals surface area (Å²) >= 11 is 0. The van der Waals surface area contributed by atoms with E-state index in [1.54, 1.807) is 109 Å². The Morgan fingerprint density at radius 1 is 0.616 bits per heavy atom. The largest absolute Gasteiger partial charge is 0.445 e. The predicted molar refractivity (Wildman–Crippen MR) is 419 cm³/mol. The van der Waals surface area contributed by atoms with Crippen LogP contribution in [0.15, 0.2) is 54.6 Å². The number of benzene rings is 2. The van der Waals surface area contributed by atoms with Gasteiger partial charge in [-0.3, -0.25) is 43.3 Å². The van der Waals surface area contributed by atoms with Gasteiger partial charge in [0.2, 0.25) is 47.3 Å². The molecule has 2 aliphatic heterocycles. The minimum absolute atomic E-state index is 0.0374. The summed E-state index contributed by atoms with van der Waals surface area (Å²) in [6.45, 7) is 23.3. The van der Waals surface area contributed by atoms with Gasteiger partial charge in [0.1, 0.15) is 30.8 Å². The van der Waals surface area contributed by atoms with Crippen LogP contribution in [0.5, 0.6) is 0 Å². The highest BCUT2D eigenvalue weighted by Crippen LogP contribution is 2.31. The standard InChI is InChI=1S/C79H132N12O21/c1-15-54(8)69(63(103-13)49-65(93)91-32-20-24-62(91)71(104-14)55(9)72(95)83-56(10)70(94)58-21-17-16-18-22-58)88(11)77(100)67(52(4)5)87-75(98)68(53(6)7)89(12)79(102)112-50-57-25-27-59(28-26-57)84-73(96)61(23-19-31-82-78(81)101)85-74(97)66(51(2)3)86-64(92)30-29-60(80)76(99)90-33-35-105-37-39-107-41-43-109-45-47-111-48-46-110-44-42-108-40-38-106-36-34-90/h16-18,21-22,25-28,51-56,60-63,66-71,94H,15,19-20,23-24,29-50,80H2,1-14H3,(H,83,95)(H,84,96)(H,85,97)(H,86,92)(H,87,98)(H3,81,82,101)/t54-,55+,56+,60-,61-,62-,63+,66-,67-,68-,69-,70+,71+/m0/s1. The van der Waals surface area contributed by atoms with E-state index in [0.29, 0.717) is 109 Å². The first-order valence-corrected chi connectivity index (χ1v) is 39.4. The third kappa shape index (κ3) is 33.4. The SMILES string of the molecule is CC[C@H](C)[C@@H]([C@@H](CC(=O)N1CCC[C@H]1[C@H](OC)[C@@H](C)C(=O)N[C@H](C)[C@@H](O)c1ccccc1)OC)N(C)C(=O)[C@@H](NC(=O)[C@H](C(C)C)N(C)C(=O)OCc1ccc(NC(=O)[C@H](CCCNC(N)=O)NC(=O)[C@@H](NC(=O)CC[C@H](N)C(=O)N2CCOCCOCCOCCOCCOCCOCCOCC2)C(C)C)cc1)C(C)C. The Labute approximate surface area is 661 Å². The minimum atomic E-state index is -1.18. The molecule has 634 valence electrons. The van der Waals surface area contributed by atoms with Crippen LogP contribution >= 0.6 is 0 Å². The van der Waals surface area contributed by atoms with E-state index in [1.165, 1.54) is 31.1 Å². The van der Waals surface area contributed by atoms with Crippen LogP contribution in [0.2, 0.25) is 0 Å². The van der Waals surface area contributed by atoms with Crippen molar-refractivity contribution in [2.24, 2.45) is 41.1 Å². The van der Waals surface area contributed by atoms with E-state index >= 15 is 0 Å². The summed E-state index contributed by atoms with van der Waals surface area (Å²) in [7, 11) is 6.07. The number of carbonyl (C=O) groups excluding carboxylic acids is 10. The summed E-state index contributed by atoms with van der Waals surface area (Å²) in [4.78, 5) is 145. The molecule has 0 spiro atoms. The summed E-state index contributed by atoms with van der Waals surface area (Å²) in [5.41, 5.74) is 13.2. The number of nitrogens with two attached hydrogens (primary N) is 2. The number of nitrogens with one attached hydrogen (secondary N) is 6. The number of amides is 11. The Bertz CT molecular complexity index is 3120. The fourth-order valence-corrected chi connectivity index (χ4v) is 13.4. The molecule has 2 saturated heterocycles. The second-order valence-electron chi connectivity index (χ2n) is 29.6. The normalized spacial score (nSPS) is 18.9. The average molecular weight is 1590 g/mol. The first-order valence-electron chi connectivity index (χ1n) is 39.4. The molecule has 4 rings (SSSR count). The van der Waals surface area contributed by atoms with Crippen LogP contribution in [0.4, 0.5) is 15.3 Å². The van der Waals surface area contributed by atoms with Gasteiger partial charge in [-0.15, -0.1) is 0 Å². The average Bonchev–Trinajstić information content (AvgIpc) is 1.48. The van der Waals surface area contributed by atoms with E-state index in [1.807, 2.05) is 32.0 Å². The monoisotopic (exact) mass is 1580 g/mol. The zero-order valence-electron chi connectivity index (χ0n) is 68.6. The topological polar surface area (TPSA) is 420 Å². The first-order chi connectivity index (χ1) is 53.5. The number of likely N-dealkylation sites (tertiary alicyclic amines) is 1. The maximum atomic E-state index is 14.9. The molecule has 112 heavy (non-hydrogen) atoms. The van der Waals surface area contributed by atoms with Crippen molar-refractivity contribution in [3.05, 3.63) is 65.7 Å². The molecule has 0 radical (unpaired) electrons. The number of urea groups is 1. The van der Waals surface area contributed by atoms with E-state index in [2.05, 4.69) is 31.9 Å². The Morgan fingerprint density at radius 3 is 1.66 bits per heavy atom. The van der Waals surface area contributed by atoms with Crippen molar-refractivity contribution in [1.82, 2.24) is 46.2 Å². The van der Waals surface area contributed by atoms with Gasteiger partial charge in [0, 0.05) is 66.6 Å². The second-order valence-corrected chi connectivity index (χ2v) is 29.6. The van der Waals surface area contributed by atoms with E-state index < -0.39 is 138 Å². The van der Waals surface area contributed by atoms with Crippen molar-refractivity contribution in [3.63, 3.8) is 0 Å². The van der Waals surface area contributed by atoms with Crippen LogP contribution in [-0.4, -0.2) is 292 Å². The number of aliphatic hydroxyl groups is 1. The third-order valence-electron chi connectivity index (χ3n) is 20.1. The molecule has 0 bridgehead atoms. The highest BCUT2D eigenvalue weighted by atomic mass is 16.6. The van der Waals surface area contributed by atoms with Gasteiger partial charge in [-0.1, -0.05) is 111 Å². The number of primary amides is 1. The van der Waals surface area contributed by atoms with E-state index in [0.717, 1.165) is 0 Å². The summed E-state index contributed by atoms with van der Waals surface area (Å²) in [6.07, 6.45) is -1.51. The zero-order chi connectivity index (χ0) is 82.8. The molecule has 33 heteroatoms. The van der Waals surface area contributed by atoms with Gasteiger partial charge in [-0.25, -0.2) is 9.59 Å². The number of hydrogen-bond acceptors (Lipinski definition) is 22. The second kappa shape index (κ2) is 52.6. The number of anilines is 1. The van der Waals surface area contributed by atoms with Crippen molar-refractivity contribution in [3.8, 4) is 0 Å². The Kier molecular flexibility index (Phi) is 45.4. The summed E-state index contributed by atoms with van der Waals surface area (Å²) < 4.78 is 57.0. The quantitative estimate of drug-likeness (QED) is 0.0440. The minimum Gasteiger partial charge on any atom is -0.445 e. The van der Waals surface area contributed by atoms with Gasteiger partial charge in [0.15, 0.2) is 0 Å². The van der Waals surface area contributed by atoms with Crippen molar-refractivity contribution in [1.29, 1.82) is 0 Å². The van der Waals surface area contributed by atoms with Crippen molar-refractivity contribution >= 4 is 65.1 Å². The van der Waals surface area contributed by atoms with E-state index in [9.17, 15) is 53.1 Å². The molecule has 2 fully saturated rings. The molecule has 13 atom stereocenters. The number of aliphatic hydroxyl groups excluding tert-OH is 1. The number of likely N-dealkylation sites (N-methyl/N-ethyl adjacent to an activating group) is 2. The Hall–Kier alpha value is -7.70. The Balaban J connectivity index is 1.36. The van der Waals surface area contributed by atoms with Gasteiger partial charge in [0.25, 0.3) is 0 Å². The maximum Gasteiger partial charge on any atom is 0.410 e. The van der Waals surface area contributed by atoms with Gasteiger partial charge in [-0.05, 0) is 86.0 Å².